The van der Waals surface area contributed by atoms with E-state index < -0.39 is 41.8 Å². The Bertz CT molecular complexity index is 440. The molecule has 17 heavy (non-hydrogen) atoms. The molecule has 0 spiro atoms. The molecule has 8 heteroatoms. The van der Waals surface area contributed by atoms with Crippen molar-refractivity contribution in [2.24, 2.45) is 0 Å². The van der Waals surface area contributed by atoms with Gasteiger partial charge in [0.25, 0.3) is 0 Å². The van der Waals surface area contributed by atoms with Gasteiger partial charge in [-0.1, -0.05) is 0 Å². The molecule has 0 saturated heterocycles. The summed E-state index contributed by atoms with van der Waals surface area (Å²) < 4.78 is 76.7. The third kappa shape index (κ3) is 3.36. The van der Waals surface area contributed by atoms with Gasteiger partial charge in [-0.15, -0.1) is 0 Å². The molecule has 0 radical (unpaired) electrons. The van der Waals surface area contributed by atoms with E-state index in [1.165, 1.54) is 0 Å². The minimum atomic E-state index is -4.79. The number of benzene rings is 1. The van der Waals surface area contributed by atoms with Crippen molar-refractivity contribution in [1.82, 2.24) is 0 Å². The Morgan fingerprint density at radius 1 is 1.12 bits per heavy atom. The largest absolute Gasteiger partial charge is 0.452 e. The van der Waals surface area contributed by atoms with Crippen molar-refractivity contribution in [1.29, 1.82) is 0 Å². The third-order valence-electron chi connectivity index (χ3n) is 1.62. The van der Waals surface area contributed by atoms with Crippen LogP contribution in [0.2, 0.25) is 0 Å². The number of esters is 1. The van der Waals surface area contributed by atoms with Gasteiger partial charge in [0, 0.05) is 0 Å². The van der Waals surface area contributed by atoms with Gasteiger partial charge in [-0.25, -0.2) is 18.0 Å². The first-order valence-electron chi connectivity index (χ1n) is 4.10. The van der Waals surface area contributed by atoms with Crippen molar-refractivity contribution >= 4 is 5.97 Å². The highest BCUT2D eigenvalue weighted by molar-refractivity contribution is 5.89. The maximum atomic E-state index is 12.9. The quantitative estimate of drug-likeness (QED) is 0.463. The molecular weight excluding hydrogens is 254 g/mol. The van der Waals surface area contributed by atoms with Crippen LogP contribution in [0.5, 0.6) is 0 Å². The van der Waals surface area contributed by atoms with Gasteiger partial charge in [0.1, 0.15) is 0 Å². The van der Waals surface area contributed by atoms with Crippen LogP contribution >= 0.6 is 0 Å². The Kier molecular flexibility index (Phi) is 3.64. The molecule has 0 aliphatic carbocycles. The summed E-state index contributed by atoms with van der Waals surface area (Å²) in [6, 6.07) is 0.898. The fraction of sp³-hybridized carbons (Fsp3) is 0.222. The van der Waals surface area contributed by atoms with Crippen LogP contribution in [0.4, 0.5) is 26.3 Å². The number of carbonyl (C=O) groups excluding carboxylic acids is 1. The van der Waals surface area contributed by atoms with Gasteiger partial charge in [-0.3, -0.25) is 0 Å². The molecule has 1 aromatic carbocycles. The van der Waals surface area contributed by atoms with Gasteiger partial charge in [-0.05, 0) is 12.1 Å². The fourth-order valence-electron chi connectivity index (χ4n) is 0.909. The van der Waals surface area contributed by atoms with Gasteiger partial charge in [0.15, 0.2) is 24.1 Å². The second-order valence-corrected chi connectivity index (χ2v) is 2.91. The molecule has 0 heterocycles. The van der Waals surface area contributed by atoms with Crippen LogP contribution in [-0.2, 0) is 4.74 Å². The number of alkyl halides is 3. The monoisotopic (exact) mass is 258 g/mol. The normalized spacial score (nSPS) is 11.4. The molecule has 0 atom stereocenters. The summed E-state index contributed by atoms with van der Waals surface area (Å²) in [4.78, 5) is 10.9. The van der Waals surface area contributed by atoms with Crippen LogP contribution < -0.4 is 0 Å². The van der Waals surface area contributed by atoms with Crippen molar-refractivity contribution in [3.05, 3.63) is 35.1 Å². The van der Waals surface area contributed by atoms with Crippen molar-refractivity contribution < 1.29 is 35.9 Å². The van der Waals surface area contributed by atoms with Crippen LogP contribution in [0, 0.1) is 17.5 Å². The van der Waals surface area contributed by atoms with Crippen molar-refractivity contribution in [2.45, 2.75) is 6.18 Å². The lowest BCUT2D eigenvalue weighted by Gasteiger charge is -2.08. The lowest BCUT2D eigenvalue weighted by atomic mass is 10.2. The van der Waals surface area contributed by atoms with Gasteiger partial charge in [0.05, 0.1) is 5.56 Å². The molecule has 0 unspecified atom stereocenters. The van der Waals surface area contributed by atoms with E-state index in [1.54, 1.807) is 0 Å². The summed E-state index contributed by atoms with van der Waals surface area (Å²) in [5.74, 6) is -7.13. The number of halogens is 6. The highest BCUT2D eigenvalue weighted by atomic mass is 19.4. The van der Waals surface area contributed by atoms with E-state index in [4.69, 9.17) is 0 Å². The van der Waals surface area contributed by atoms with Crippen LogP contribution in [0.3, 0.4) is 0 Å². The summed E-state index contributed by atoms with van der Waals surface area (Å²) in [5.41, 5.74) is -1.10. The second kappa shape index (κ2) is 4.64. The van der Waals surface area contributed by atoms with Crippen LogP contribution in [0.25, 0.3) is 0 Å². The predicted molar refractivity (Wildman–Crippen MR) is 42.7 cm³/mol. The maximum Gasteiger partial charge on any atom is 0.422 e. The lowest BCUT2D eigenvalue weighted by molar-refractivity contribution is -0.161. The average molecular weight is 258 g/mol. The Morgan fingerprint density at radius 3 is 2.24 bits per heavy atom. The third-order valence-corrected chi connectivity index (χ3v) is 1.62. The molecule has 0 aromatic heterocycles. The minimum Gasteiger partial charge on any atom is -0.452 e. The molecule has 2 nitrogen and oxygen atoms in total. The fourth-order valence-corrected chi connectivity index (χ4v) is 0.909. The number of hydrogen-bond donors (Lipinski definition) is 0. The number of rotatable bonds is 2. The molecule has 0 N–H and O–H groups in total. The van der Waals surface area contributed by atoms with E-state index >= 15 is 0 Å². The van der Waals surface area contributed by atoms with E-state index in [2.05, 4.69) is 4.74 Å². The van der Waals surface area contributed by atoms with Gasteiger partial charge < -0.3 is 4.74 Å². The highest BCUT2D eigenvalue weighted by Crippen LogP contribution is 2.19. The molecule has 0 saturated carbocycles. The lowest BCUT2D eigenvalue weighted by Crippen LogP contribution is -2.21. The zero-order chi connectivity index (χ0) is 13.2. The first-order valence-corrected chi connectivity index (χ1v) is 4.10. The summed E-state index contributed by atoms with van der Waals surface area (Å²) in [6.07, 6.45) is -4.79. The highest BCUT2D eigenvalue weighted by Gasteiger charge is 2.30. The van der Waals surface area contributed by atoms with Gasteiger partial charge in [-0.2, -0.15) is 13.2 Å². The van der Waals surface area contributed by atoms with E-state index in [0.717, 1.165) is 0 Å². The number of ether oxygens (including phenoxy) is 1. The maximum absolute atomic E-state index is 12.9. The van der Waals surface area contributed by atoms with Crippen LogP contribution in [0.15, 0.2) is 12.1 Å². The zero-order valence-corrected chi connectivity index (χ0v) is 7.95. The standard InChI is InChI=1S/C9H4F6O2/c10-5-2-1-4(6(11)7(5)12)8(16)17-3-9(13,14)15/h1-2H,3H2. The van der Waals surface area contributed by atoms with E-state index in [-0.39, 0.29) is 0 Å². The molecule has 94 valence electrons. The summed E-state index contributed by atoms with van der Waals surface area (Å²) in [7, 11) is 0. The van der Waals surface area contributed by atoms with Crippen molar-refractivity contribution in [3.63, 3.8) is 0 Å². The molecule has 1 rings (SSSR count). The zero-order valence-electron chi connectivity index (χ0n) is 7.95. The van der Waals surface area contributed by atoms with E-state index in [0.29, 0.717) is 12.1 Å². The summed E-state index contributed by atoms with van der Waals surface area (Å²) >= 11 is 0. The first kappa shape index (κ1) is 13.3. The molecule has 0 fully saturated rings. The van der Waals surface area contributed by atoms with Gasteiger partial charge in [0.2, 0.25) is 0 Å². The van der Waals surface area contributed by atoms with Crippen molar-refractivity contribution in [2.75, 3.05) is 6.61 Å². The Labute approximate surface area is 90.8 Å². The SMILES string of the molecule is O=C(OCC(F)(F)F)c1ccc(F)c(F)c1F. The molecule has 0 aliphatic rings. The molecule has 0 amide bonds. The van der Waals surface area contributed by atoms with Crippen LogP contribution in [-0.4, -0.2) is 18.8 Å². The Hall–Kier alpha value is -1.73. The average Bonchev–Trinajstić information content (AvgIpc) is 2.22. The topological polar surface area (TPSA) is 26.3 Å². The molecule has 1 aromatic rings. The van der Waals surface area contributed by atoms with E-state index in [9.17, 15) is 31.1 Å². The van der Waals surface area contributed by atoms with E-state index in [1.807, 2.05) is 0 Å². The molecule has 0 aliphatic heterocycles. The minimum absolute atomic E-state index is 0.405. The molecular formula is C9H4F6O2. The van der Waals surface area contributed by atoms with Crippen LogP contribution in [0.1, 0.15) is 10.4 Å². The predicted octanol–water partition coefficient (Wildman–Crippen LogP) is 2.82. The number of carbonyl (C=O) groups is 1. The second-order valence-electron chi connectivity index (χ2n) is 2.91. The summed E-state index contributed by atoms with van der Waals surface area (Å²) in [6.45, 7) is -1.94. The number of hydrogen-bond acceptors (Lipinski definition) is 2. The first-order chi connectivity index (χ1) is 7.72. The van der Waals surface area contributed by atoms with Crippen molar-refractivity contribution in [3.8, 4) is 0 Å². The smallest absolute Gasteiger partial charge is 0.422 e. The Morgan fingerprint density at radius 2 is 1.71 bits per heavy atom. The Balaban J connectivity index is 2.87. The summed E-state index contributed by atoms with van der Waals surface area (Å²) in [5, 5.41) is 0. The molecule has 0 bridgehead atoms. The van der Waals surface area contributed by atoms with Gasteiger partial charge >= 0.3 is 12.1 Å².